The second kappa shape index (κ2) is 5.10. The molecule has 0 saturated heterocycles. The van der Waals surface area contributed by atoms with Gasteiger partial charge in [-0.15, -0.1) is 0 Å². The van der Waals surface area contributed by atoms with E-state index >= 15 is 0 Å². The van der Waals surface area contributed by atoms with Gasteiger partial charge in [-0.2, -0.15) is 8.42 Å². The van der Waals surface area contributed by atoms with Gasteiger partial charge < -0.3 is 4.74 Å². The molecular weight excluding hydrogens is 184 g/mol. The number of hydrogen-bond acceptors (Lipinski definition) is 5. The van der Waals surface area contributed by atoms with E-state index in [4.69, 9.17) is 0 Å². The molecule has 0 aromatic heterocycles. The van der Waals surface area contributed by atoms with Crippen molar-refractivity contribution in [1.29, 1.82) is 0 Å². The molecule has 0 amide bonds. The van der Waals surface area contributed by atoms with Crippen molar-refractivity contribution in [3.8, 4) is 0 Å². The minimum Gasteiger partial charge on any atom is -0.468 e. The summed E-state index contributed by atoms with van der Waals surface area (Å²) in [6, 6.07) is 0. The number of hydrogen-bond donors (Lipinski definition) is 0. The Hall–Kier alpha value is -0.620. The molecule has 0 fully saturated rings. The quantitative estimate of drug-likeness (QED) is 0.337. The highest BCUT2D eigenvalue weighted by atomic mass is 32.2. The van der Waals surface area contributed by atoms with Crippen LogP contribution in [0.4, 0.5) is 0 Å². The summed E-state index contributed by atoms with van der Waals surface area (Å²) in [6.07, 6.45) is 0.885. The van der Waals surface area contributed by atoms with Crippen molar-refractivity contribution < 1.29 is 22.1 Å². The lowest BCUT2D eigenvalue weighted by Gasteiger charge is -2.09. The predicted molar refractivity (Wildman–Crippen MR) is 42.0 cm³/mol. The Morgan fingerprint density at radius 1 is 1.50 bits per heavy atom. The van der Waals surface area contributed by atoms with Crippen molar-refractivity contribution in [3.63, 3.8) is 0 Å². The predicted octanol–water partition coefficient (Wildman–Crippen LogP) is -0.0858. The lowest BCUT2D eigenvalue weighted by Crippen LogP contribution is -2.15. The summed E-state index contributed by atoms with van der Waals surface area (Å²) in [5, 5.41) is 0. The van der Waals surface area contributed by atoms with Gasteiger partial charge in [0.1, 0.15) is 0 Å². The number of rotatable bonds is 6. The Morgan fingerprint density at radius 3 is 2.50 bits per heavy atom. The van der Waals surface area contributed by atoms with E-state index in [1.165, 1.54) is 0 Å². The SMILES string of the molecule is CC(CCOC=O)OS(C)(=O)=O. The molecule has 12 heavy (non-hydrogen) atoms. The highest BCUT2D eigenvalue weighted by Gasteiger charge is 2.09. The first-order valence-electron chi connectivity index (χ1n) is 3.39. The van der Waals surface area contributed by atoms with Crippen LogP contribution >= 0.6 is 0 Å². The third-order valence-electron chi connectivity index (χ3n) is 1.05. The first-order chi connectivity index (χ1) is 5.45. The van der Waals surface area contributed by atoms with E-state index in [0.717, 1.165) is 6.26 Å². The highest BCUT2D eigenvalue weighted by Crippen LogP contribution is 2.01. The minimum atomic E-state index is -3.40. The maximum absolute atomic E-state index is 10.5. The fraction of sp³-hybridized carbons (Fsp3) is 0.833. The summed E-state index contributed by atoms with van der Waals surface area (Å²) in [6.45, 7) is 2.07. The normalized spacial score (nSPS) is 13.8. The number of carbonyl (C=O) groups is 1. The molecule has 0 rings (SSSR count). The van der Waals surface area contributed by atoms with Crippen LogP contribution in [0, 0.1) is 0 Å². The molecular formula is C6H12O5S. The van der Waals surface area contributed by atoms with Gasteiger partial charge in [-0.1, -0.05) is 0 Å². The van der Waals surface area contributed by atoms with Crippen LogP contribution in [0.15, 0.2) is 0 Å². The lowest BCUT2D eigenvalue weighted by molar-refractivity contribution is -0.129. The van der Waals surface area contributed by atoms with Crippen molar-refractivity contribution in [1.82, 2.24) is 0 Å². The van der Waals surface area contributed by atoms with E-state index in [1.807, 2.05) is 0 Å². The molecule has 0 aromatic carbocycles. The first-order valence-corrected chi connectivity index (χ1v) is 5.21. The van der Waals surface area contributed by atoms with E-state index in [9.17, 15) is 13.2 Å². The Balaban J connectivity index is 3.60. The van der Waals surface area contributed by atoms with Crippen molar-refractivity contribution in [2.45, 2.75) is 19.4 Å². The molecule has 0 saturated carbocycles. The average molecular weight is 196 g/mol. The molecule has 0 heterocycles. The second-order valence-electron chi connectivity index (χ2n) is 2.37. The van der Waals surface area contributed by atoms with E-state index in [-0.39, 0.29) is 6.61 Å². The summed E-state index contributed by atoms with van der Waals surface area (Å²) < 4.78 is 30.0. The monoisotopic (exact) mass is 196 g/mol. The topological polar surface area (TPSA) is 69.7 Å². The van der Waals surface area contributed by atoms with Crippen LogP contribution in [-0.2, 0) is 23.8 Å². The van der Waals surface area contributed by atoms with Gasteiger partial charge in [0.15, 0.2) is 0 Å². The fourth-order valence-electron chi connectivity index (χ4n) is 0.629. The van der Waals surface area contributed by atoms with Gasteiger partial charge in [-0.3, -0.25) is 8.98 Å². The molecule has 0 spiro atoms. The number of ether oxygens (including phenoxy) is 1. The van der Waals surface area contributed by atoms with Gasteiger partial charge in [0.2, 0.25) is 0 Å². The smallest absolute Gasteiger partial charge is 0.293 e. The standard InChI is InChI=1S/C6H12O5S/c1-6(3-4-10-5-7)11-12(2,8)9/h5-6H,3-4H2,1-2H3. The fourth-order valence-corrected chi connectivity index (χ4v) is 1.32. The Bertz CT molecular complexity index is 220. The Morgan fingerprint density at radius 2 is 2.08 bits per heavy atom. The largest absolute Gasteiger partial charge is 0.468 e. The second-order valence-corrected chi connectivity index (χ2v) is 3.97. The third-order valence-corrected chi connectivity index (χ3v) is 1.73. The zero-order valence-corrected chi connectivity index (χ0v) is 7.83. The zero-order chi connectivity index (χ0) is 9.61. The van der Waals surface area contributed by atoms with Crippen LogP contribution in [0.25, 0.3) is 0 Å². The lowest BCUT2D eigenvalue weighted by atomic mass is 10.3. The maximum Gasteiger partial charge on any atom is 0.293 e. The van der Waals surface area contributed by atoms with Gasteiger partial charge >= 0.3 is 0 Å². The number of carbonyl (C=O) groups excluding carboxylic acids is 1. The minimum absolute atomic E-state index is 0.167. The van der Waals surface area contributed by atoms with Crippen LogP contribution in [0.5, 0.6) is 0 Å². The molecule has 1 unspecified atom stereocenters. The van der Waals surface area contributed by atoms with Crippen LogP contribution < -0.4 is 0 Å². The molecule has 1 atom stereocenters. The molecule has 0 radical (unpaired) electrons. The molecule has 0 bridgehead atoms. The van der Waals surface area contributed by atoms with Crippen molar-refractivity contribution in [3.05, 3.63) is 0 Å². The zero-order valence-electron chi connectivity index (χ0n) is 7.02. The molecule has 72 valence electrons. The van der Waals surface area contributed by atoms with Crippen molar-refractivity contribution in [2.75, 3.05) is 12.9 Å². The van der Waals surface area contributed by atoms with Gasteiger partial charge in [0.05, 0.1) is 19.0 Å². The van der Waals surface area contributed by atoms with Crippen LogP contribution in [0.1, 0.15) is 13.3 Å². The van der Waals surface area contributed by atoms with Crippen LogP contribution in [-0.4, -0.2) is 33.9 Å². The van der Waals surface area contributed by atoms with E-state index in [0.29, 0.717) is 12.9 Å². The van der Waals surface area contributed by atoms with Gasteiger partial charge in [0.25, 0.3) is 16.6 Å². The van der Waals surface area contributed by atoms with Gasteiger partial charge in [-0.25, -0.2) is 0 Å². The molecule has 5 nitrogen and oxygen atoms in total. The van der Waals surface area contributed by atoms with Gasteiger partial charge in [0, 0.05) is 6.42 Å². The van der Waals surface area contributed by atoms with E-state index in [1.54, 1.807) is 6.92 Å². The summed E-state index contributed by atoms with van der Waals surface area (Å²) in [5.41, 5.74) is 0. The molecule has 0 aliphatic carbocycles. The maximum atomic E-state index is 10.5. The van der Waals surface area contributed by atoms with Gasteiger partial charge in [-0.05, 0) is 6.92 Å². The summed E-state index contributed by atoms with van der Waals surface area (Å²) in [7, 11) is -3.40. The van der Waals surface area contributed by atoms with Crippen LogP contribution in [0.2, 0.25) is 0 Å². The average Bonchev–Trinajstić information content (AvgIpc) is 1.84. The summed E-state index contributed by atoms with van der Waals surface area (Å²) in [5.74, 6) is 0. The summed E-state index contributed by atoms with van der Waals surface area (Å²) >= 11 is 0. The molecule has 0 aliphatic rings. The molecule has 0 aliphatic heterocycles. The highest BCUT2D eigenvalue weighted by molar-refractivity contribution is 7.86. The third kappa shape index (κ3) is 7.49. The van der Waals surface area contributed by atoms with Crippen molar-refractivity contribution >= 4 is 16.6 Å². The summed E-state index contributed by atoms with van der Waals surface area (Å²) in [4.78, 5) is 9.69. The molecule has 0 N–H and O–H groups in total. The first kappa shape index (κ1) is 11.4. The van der Waals surface area contributed by atoms with E-state index < -0.39 is 16.2 Å². The Kier molecular flexibility index (Phi) is 4.84. The van der Waals surface area contributed by atoms with Crippen LogP contribution in [0.3, 0.4) is 0 Å². The van der Waals surface area contributed by atoms with E-state index in [2.05, 4.69) is 8.92 Å². The Labute approximate surface area is 71.8 Å². The molecule has 0 aromatic rings. The van der Waals surface area contributed by atoms with Crippen molar-refractivity contribution in [2.24, 2.45) is 0 Å². The molecule has 6 heteroatoms.